The number of rotatable bonds is 7. The van der Waals surface area contributed by atoms with Gasteiger partial charge in [0.2, 0.25) is 0 Å². The molecule has 1 N–H and O–H groups in total. The van der Waals surface area contributed by atoms with Crippen LogP contribution in [0.1, 0.15) is 18.9 Å². The van der Waals surface area contributed by atoms with Gasteiger partial charge < -0.3 is 14.9 Å². The predicted molar refractivity (Wildman–Crippen MR) is 71.2 cm³/mol. The first kappa shape index (κ1) is 14.9. The molecule has 1 aromatic rings. The summed E-state index contributed by atoms with van der Waals surface area (Å²) in [7, 11) is 3.97. The second-order valence-corrected chi connectivity index (χ2v) is 4.56. The van der Waals surface area contributed by atoms with E-state index in [1.807, 2.05) is 19.0 Å². The van der Waals surface area contributed by atoms with Crippen LogP contribution < -0.4 is 4.90 Å². The van der Waals surface area contributed by atoms with E-state index in [0.717, 1.165) is 26.1 Å². The fourth-order valence-electron chi connectivity index (χ4n) is 1.73. The van der Waals surface area contributed by atoms with Gasteiger partial charge in [-0.2, -0.15) is 0 Å². The fourth-order valence-corrected chi connectivity index (χ4v) is 1.73. The Morgan fingerprint density at radius 3 is 2.56 bits per heavy atom. The first-order valence-electron chi connectivity index (χ1n) is 6.24. The van der Waals surface area contributed by atoms with Crippen LogP contribution in [0.5, 0.6) is 0 Å². The summed E-state index contributed by atoms with van der Waals surface area (Å²) in [6.45, 7) is 4.07. The average Bonchev–Trinajstić information content (AvgIpc) is 2.35. The summed E-state index contributed by atoms with van der Waals surface area (Å²) in [5, 5.41) is 9.08. The van der Waals surface area contributed by atoms with Crippen molar-refractivity contribution in [2.45, 2.75) is 20.0 Å². The molecule has 0 radical (unpaired) electrons. The van der Waals surface area contributed by atoms with Crippen LogP contribution in [0, 0.1) is 5.82 Å². The van der Waals surface area contributed by atoms with Gasteiger partial charge in [0.25, 0.3) is 0 Å². The van der Waals surface area contributed by atoms with Crippen LogP contribution in [0.25, 0.3) is 0 Å². The van der Waals surface area contributed by atoms with E-state index >= 15 is 0 Å². The SMILES string of the molecule is CCCN(CCN(C)C)c1nccc(CO)c1F. The van der Waals surface area contributed by atoms with Crippen LogP contribution in [-0.2, 0) is 6.61 Å². The predicted octanol–water partition coefficient (Wildman–Crippen LogP) is 1.49. The van der Waals surface area contributed by atoms with Gasteiger partial charge >= 0.3 is 0 Å². The number of aliphatic hydroxyl groups is 1. The van der Waals surface area contributed by atoms with Crippen LogP contribution in [0.2, 0.25) is 0 Å². The molecule has 1 rings (SSSR count). The van der Waals surface area contributed by atoms with Crippen molar-refractivity contribution in [1.29, 1.82) is 0 Å². The van der Waals surface area contributed by atoms with Crippen molar-refractivity contribution in [1.82, 2.24) is 9.88 Å². The number of anilines is 1. The second kappa shape index (κ2) is 7.28. The van der Waals surface area contributed by atoms with E-state index in [4.69, 9.17) is 5.11 Å². The minimum atomic E-state index is -0.410. The number of likely N-dealkylation sites (N-methyl/N-ethyl adjacent to an activating group) is 1. The zero-order valence-corrected chi connectivity index (χ0v) is 11.4. The second-order valence-electron chi connectivity index (χ2n) is 4.56. The van der Waals surface area contributed by atoms with E-state index in [2.05, 4.69) is 16.8 Å². The molecule has 0 aliphatic rings. The number of aromatic nitrogens is 1. The molecule has 1 aromatic heterocycles. The van der Waals surface area contributed by atoms with Crippen molar-refractivity contribution >= 4 is 5.82 Å². The third-order valence-corrected chi connectivity index (χ3v) is 2.73. The number of hydrogen-bond donors (Lipinski definition) is 1. The smallest absolute Gasteiger partial charge is 0.171 e. The molecule has 0 aliphatic carbocycles. The largest absolute Gasteiger partial charge is 0.392 e. The van der Waals surface area contributed by atoms with Crippen LogP contribution in [0.3, 0.4) is 0 Å². The molecule has 0 atom stereocenters. The monoisotopic (exact) mass is 255 g/mol. The van der Waals surface area contributed by atoms with Crippen LogP contribution in [-0.4, -0.2) is 48.7 Å². The summed E-state index contributed by atoms with van der Waals surface area (Å²) in [6.07, 6.45) is 2.47. The van der Waals surface area contributed by atoms with Gasteiger partial charge in [-0.05, 0) is 26.6 Å². The van der Waals surface area contributed by atoms with Gasteiger partial charge in [-0.3, -0.25) is 0 Å². The Balaban J connectivity index is 2.90. The molecule has 0 spiro atoms. The quantitative estimate of drug-likeness (QED) is 0.801. The lowest BCUT2D eigenvalue weighted by Crippen LogP contribution is -2.33. The van der Waals surface area contributed by atoms with Crippen LogP contribution in [0.15, 0.2) is 12.3 Å². The van der Waals surface area contributed by atoms with Crippen molar-refractivity contribution in [2.75, 3.05) is 38.6 Å². The molecule has 0 amide bonds. The Morgan fingerprint density at radius 2 is 2.00 bits per heavy atom. The van der Waals surface area contributed by atoms with E-state index in [1.54, 1.807) is 6.20 Å². The highest BCUT2D eigenvalue weighted by molar-refractivity contribution is 5.42. The van der Waals surface area contributed by atoms with Gasteiger partial charge in [-0.1, -0.05) is 6.92 Å². The highest BCUT2D eigenvalue weighted by Crippen LogP contribution is 2.19. The van der Waals surface area contributed by atoms with Crippen molar-refractivity contribution in [2.24, 2.45) is 0 Å². The summed E-state index contributed by atoms with van der Waals surface area (Å²) in [4.78, 5) is 8.08. The first-order chi connectivity index (χ1) is 8.60. The third kappa shape index (κ3) is 3.92. The van der Waals surface area contributed by atoms with Gasteiger partial charge in [-0.15, -0.1) is 0 Å². The molecule has 5 heteroatoms. The van der Waals surface area contributed by atoms with Crippen molar-refractivity contribution in [3.05, 3.63) is 23.6 Å². The standard InChI is InChI=1S/C13H22FN3O/c1-4-7-17(9-8-16(2)3)13-12(14)11(10-18)5-6-15-13/h5-6,18H,4,7-10H2,1-3H3. The van der Waals surface area contributed by atoms with E-state index in [9.17, 15) is 4.39 Å². The molecule has 0 unspecified atom stereocenters. The van der Waals surface area contributed by atoms with Crippen LogP contribution >= 0.6 is 0 Å². The van der Waals surface area contributed by atoms with Gasteiger partial charge in [0, 0.05) is 31.4 Å². The molecule has 0 bridgehead atoms. The molecule has 0 aromatic carbocycles. The van der Waals surface area contributed by atoms with Crippen molar-refractivity contribution in [3.8, 4) is 0 Å². The van der Waals surface area contributed by atoms with Crippen LogP contribution in [0.4, 0.5) is 10.2 Å². The zero-order valence-electron chi connectivity index (χ0n) is 11.4. The summed E-state index contributed by atoms with van der Waals surface area (Å²) in [5.41, 5.74) is 0.297. The Kier molecular flexibility index (Phi) is 6.01. The summed E-state index contributed by atoms with van der Waals surface area (Å²) in [6, 6.07) is 1.51. The zero-order chi connectivity index (χ0) is 13.5. The lowest BCUT2D eigenvalue weighted by atomic mass is 10.2. The molecule has 1 heterocycles. The molecular formula is C13H22FN3O. The maximum atomic E-state index is 14.1. The number of hydrogen-bond acceptors (Lipinski definition) is 4. The van der Waals surface area contributed by atoms with E-state index < -0.39 is 5.82 Å². The molecule has 4 nitrogen and oxygen atoms in total. The Morgan fingerprint density at radius 1 is 1.28 bits per heavy atom. The number of halogens is 1. The Hall–Kier alpha value is -1.20. The lowest BCUT2D eigenvalue weighted by Gasteiger charge is -2.25. The summed E-state index contributed by atoms with van der Waals surface area (Å²) in [5.74, 6) is -0.0718. The average molecular weight is 255 g/mol. The maximum Gasteiger partial charge on any atom is 0.171 e. The summed E-state index contributed by atoms with van der Waals surface area (Å²) < 4.78 is 14.1. The highest BCUT2D eigenvalue weighted by atomic mass is 19.1. The minimum Gasteiger partial charge on any atom is -0.392 e. The van der Waals surface area contributed by atoms with Gasteiger partial charge in [0.15, 0.2) is 11.6 Å². The molecule has 0 aliphatic heterocycles. The third-order valence-electron chi connectivity index (χ3n) is 2.73. The van der Waals surface area contributed by atoms with Crippen molar-refractivity contribution in [3.63, 3.8) is 0 Å². The number of aliphatic hydroxyl groups excluding tert-OH is 1. The van der Waals surface area contributed by atoms with Gasteiger partial charge in [0.05, 0.1) is 6.61 Å². The van der Waals surface area contributed by atoms with Gasteiger partial charge in [0.1, 0.15) is 0 Å². The Labute approximate surface area is 108 Å². The Bertz CT molecular complexity index is 371. The fraction of sp³-hybridized carbons (Fsp3) is 0.615. The minimum absolute atomic E-state index is 0.297. The van der Waals surface area contributed by atoms with Gasteiger partial charge in [-0.25, -0.2) is 9.37 Å². The molecular weight excluding hydrogens is 233 g/mol. The number of nitrogens with zero attached hydrogens (tertiary/aromatic N) is 3. The topological polar surface area (TPSA) is 39.6 Å². The van der Waals surface area contributed by atoms with E-state index in [0.29, 0.717) is 11.4 Å². The normalized spacial score (nSPS) is 11.0. The first-order valence-corrected chi connectivity index (χ1v) is 6.24. The van der Waals surface area contributed by atoms with E-state index in [1.165, 1.54) is 6.07 Å². The molecule has 0 saturated carbocycles. The molecule has 0 saturated heterocycles. The van der Waals surface area contributed by atoms with Crippen molar-refractivity contribution < 1.29 is 9.50 Å². The molecule has 18 heavy (non-hydrogen) atoms. The van der Waals surface area contributed by atoms with E-state index in [-0.39, 0.29) is 6.61 Å². The maximum absolute atomic E-state index is 14.1. The summed E-state index contributed by atoms with van der Waals surface area (Å²) >= 11 is 0. The number of pyridine rings is 1. The molecule has 0 fully saturated rings. The molecule has 102 valence electrons. The highest BCUT2D eigenvalue weighted by Gasteiger charge is 2.15. The lowest BCUT2D eigenvalue weighted by molar-refractivity contribution is 0.275.